The normalized spacial score (nSPS) is 10.9. The van der Waals surface area contributed by atoms with Crippen molar-refractivity contribution in [2.75, 3.05) is 11.9 Å². The highest BCUT2D eigenvalue weighted by Gasteiger charge is 2.17. The maximum atomic E-state index is 14.0. The predicted molar refractivity (Wildman–Crippen MR) is 135 cm³/mol. The molecule has 2 amide bonds. The summed E-state index contributed by atoms with van der Waals surface area (Å²) in [7, 11) is 0. The fourth-order valence-corrected chi connectivity index (χ4v) is 3.94. The van der Waals surface area contributed by atoms with Crippen LogP contribution >= 0.6 is 0 Å². The summed E-state index contributed by atoms with van der Waals surface area (Å²) < 4.78 is 29.1. The first-order valence-electron chi connectivity index (χ1n) is 11.6. The van der Waals surface area contributed by atoms with E-state index in [-0.39, 0.29) is 35.5 Å². The van der Waals surface area contributed by atoms with E-state index >= 15 is 0 Å². The molecule has 8 nitrogen and oxygen atoms in total. The van der Waals surface area contributed by atoms with E-state index in [2.05, 4.69) is 10.6 Å². The smallest absolute Gasteiger partial charge is 0.331 e. The number of carbonyl (C=O) groups excluding carboxylic acids is 2. The number of hydrogen-bond acceptors (Lipinski definition) is 4. The second kappa shape index (κ2) is 11.4. The second-order valence-corrected chi connectivity index (χ2v) is 8.35. The van der Waals surface area contributed by atoms with Gasteiger partial charge < -0.3 is 10.6 Å². The summed E-state index contributed by atoms with van der Waals surface area (Å²) in [6.07, 6.45) is 0.522. The van der Waals surface area contributed by atoms with E-state index in [4.69, 9.17) is 0 Å². The monoisotopic (exact) mass is 506 g/mol. The Morgan fingerprint density at radius 3 is 2.32 bits per heavy atom. The van der Waals surface area contributed by atoms with Crippen molar-refractivity contribution in [1.82, 2.24) is 14.5 Å². The van der Waals surface area contributed by atoms with Gasteiger partial charge in [0, 0.05) is 25.6 Å². The third-order valence-electron chi connectivity index (χ3n) is 5.78. The summed E-state index contributed by atoms with van der Waals surface area (Å²) in [5.74, 6) is -2.84. The van der Waals surface area contributed by atoms with Crippen molar-refractivity contribution < 1.29 is 18.4 Å². The molecule has 37 heavy (non-hydrogen) atoms. The molecule has 1 aromatic heterocycles. The Bertz CT molecular complexity index is 1560. The van der Waals surface area contributed by atoms with Crippen LogP contribution in [0.2, 0.25) is 0 Å². The fraction of sp³-hybridized carbons (Fsp3) is 0.185. The third kappa shape index (κ3) is 6.16. The van der Waals surface area contributed by atoms with Crippen LogP contribution in [-0.4, -0.2) is 27.5 Å². The average Bonchev–Trinajstić information content (AvgIpc) is 2.89. The minimum Gasteiger partial charge on any atom is -0.356 e. The molecule has 4 aromatic rings. The molecule has 0 aliphatic rings. The number of rotatable bonds is 9. The number of fused-ring (bicyclic) bond motifs is 1. The van der Waals surface area contributed by atoms with Gasteiger partial charge in [0.1, 0.15) is 18.2 Å². The first-order chi connectivity index (χ1) is 17.8. The number of hydrogen-bond donors (Lipinski definition) is 2. The second-order valence-electron chi connectivity index (χ2n) is 8.35. The number of carbonyl (C=O) groups is 2. The Labute approximate surface area is 210 Å². The largest absolute Gasteiger partial charge is 0.356 e. The van der Waals surface area contributed by atoms with E-state index in [1.54, 1.807) is 12.1 Å². The molecule has 4 rings (SSSR count). The maximum absolute atomic E-state index is 14.0. The van der Waals surface area contributed by atoms with Crippen LogP contribution in [0.4, 0.5) is 14.5 Å². The van der Waals surface area contributed by atoms with Crippen molar-refractivity contribution in [2.24, 2.45) is 0 Å². The lowest BCUT2D eigenvalue weighted by atomic mass is 10.1. The molecule has 0 saturated carbocycles. The summed E-state index contributed by atoms with van der Waals surface area (Å²) in [4.78, 5) is 51.2. The molecule has 0 saturated heterocycles. The third-order valence-corrected chi connectivity index (χ3v) is 5.78. The lowest BCUT2D eigenvalue weighted by Gasteiger charge is -2.14. The molecule has 3 aromatic carbocycles. The first-order valence-corrected chi connectivity index (χ1v) is 11.6. The Morgan fingerprint density at radius 2 is 1.57 bits per heavy atom. The van der Waals surface area contributed by atoms with Crippen molar-refractivity contribution >= 4 is 28.4 Å². The quantitative estimate of drug-likeness (QED) is 0.365. The molecule has 0 aliphatic heterocycles. The van der Waals surface area contributed by atoms with Gasteiger partial charge in [-0.15, -0.1) is 0 Å². The molecule has 0 radical (unpaired) electrons. The number of amides is 2. The molecule has 0 unspecified atom stereocenters. The van der Waals surface area contributed by atoms with Gasteiger partial charge in [0.15, 0.2) is 0 Å². The number of benzene rings is 3. The van der Waals surface area contributed by atoms with Gasteiger partial charge in [-0.3, -0.25) is 23.5 Å². The zero-order valence-electron chi connectivity index (χ0n) is 19.7. The van der Waals surface area contributed by atoms with Crippen LogP contribution < -0.4 is 21.9 Å². The molecule has 0 atom stereocenters. The van der Waals surface area contributed by atoms with Crippen LogP contribution in [0.3, 0.4) is 0 Å². The number of aromatic nitrogens is 2. The summed E-state index contributed by atoms with van der Waals surface area (Å²) in [6.45, 7) is -0.312. The van der Waals surface area contributed by atoms with Gasteiger partial charge in [-0.2, -0.15) is 0 Å². The van der Waals surface area contributed by atoms with Crippen LogP contribution in [0.5, 0.6) is 0 Å². The summed E-state index contributed by atoms with van der Waals surface area (Å²) in [5.41, 5.74) is -0.329. The molecule has 190 valence electrons. The maximum Gasteiger partial charge on any atom is 0.331 e. The van der Waals surface area contributed by atoms with Gasteiger partial charge in [-0.1, -0.05) is 42.5 Å². The summed E-state index contributed by atoms with van der Waals surface area (Å²) in [5, 5.41) is 5.27. The predicted octanol–water partition coefficient (Wildman–Crippen LogP) is 2.83. The molecular formula is C27H24F2N4O4. The zero-order valence-corrected chi connectivity index (χ0v) is 19.7. The van der Waals surface area contributed by atoms with Crippen molar-refractivity contribution in [3.05, 3.63) is 111 Å². The van der Waals surface area contributed by atoms with E-state index in [0.717, 1.165) is 26.8 Å². The zero-order chi connectivity index (χ0) is 26.4. The molecule has 0 bridgehead atoms. The topological polar surface area (TPSA) is 102 Å². The fourth-order valence-electron chi connectivity index (χ4n) is 3.94. The summed E-state index contributed by atoms with van der Waals surface area (Å²) in [6, 6.07) is 18.6. The lowest BCUT2D eigenvalue weighted by molar-refractivity contribution is -0.121. The summed E-state index contributed by atoms with van der Waals surface area (Å²) >= 11 is 0. The highest BCUT2D eigenvalue weighted by atomic mass is 19.1. The van der Waals surface area contributed by atoms with E-state index in [0.29, 0.717) is 19.0 Å². The number of para-hydroxylation sites is 1. The van der Waals surface area contributed by atoms with Gasteiger partial charge >= 0.3 is 5.69 Å². The molecule has 0 aliphatic carbocycles. The lowest BCUT2D eigenvalue weighted by Crippen LogP contribution is -2.42. The molecular weight excluding hydrogens is 482 g/mol. The van der Waals surface area contributed by atoms with Crippen molar-refractivity contribution in [1.29, 1.82) is 0 Å². The van der Waals surface area contributed by atoms with Crippen LogP contribution in [0.25, 0.3) is 10.9 Å². The van der Waals surface area contributed by atoms with E-state index in [1.165, 1.54) is 12.1 Å². The number of nitrogens with one attached hydrogen (secondary N) is 2. The van der Waals surface area contributed by atoms with Crippen molar-refractivity contribution in [3.63, 3.8) is 0 Å². The SMILES string of the molecule is O=C(CCn1c(=O)c2ccccc2n(CC(=O)Nc2ccc(F)cc2F)c1=O)NCCc1ccccc1. The van der Waals surface area contributed by atoms with Crippen molar-refractivity contribution in [3.8, 4) is 0 Å². The Morgan fingerprint density at radius 1 is 0.838 bits per heavy atom. The molecule has 1 heterocycles. The van der Waals surface area contributed by atoms with Crippen LogP contribution in [-0.2, 0) is 29.1 Å². The Kier molecular flexibility index (Phi) is 7.87. The minimum absolute atomic E-state index is 0.116. The van der Waals surface area contributed by atoms with E-state index in [1.807, 2.05) is 30.3 Å². The molecule has 10 heteroatoms. The average molecular weight is 507 g/mol. The van der Waals surface area contributed by atoms with Crippen LogP contribution in [0.15, 0.2) is 82.4 Å². The number of nitrogens with zero attached hydrogens (tertiary/aromatic N) is 2. The Hall–Kier alpha value is -4.60. The van der Waals surface area contributed by atoms with Gasteiger partial charge in [0.2, 0.25) is 11.8 Å². The van der Waals surface area contributed by atoms with Gasteiger partial charge in [-0.05, 0) is 36.2 Å². The standard InChI is InChI=1S/C27H24F2N4O4/c28-19-10-11-22(21(29)16-19)31-25(35)17-33-23-9-5-4-8-20(23)26(36)32(27(33)37)15-13-24(34)30-14-12-18-6-2-1-3-7-18/h1-11,16H,12-15,17H2,(H,30,34)(H,31,35). The van der Waals surface area contributed by atoms with Gasteiger partial charge in [0.25, 0.3) is 5.56 Å². The highest BCUT2D eigenvalue weighted by molar-refractivity contribution is 5.91. The van der Waals surface area contributed by atoms with E-state index in [9.17, 15) is 28.0 Å². The van der Waals surface area contributed by atoms with Crippen molar-refractivity contribution in [2.45, 2.75) is 25.9 Å². The number of halogens is 2. The molecule has 2 N–H and O–H groups in total. The minimum atomic E-state index is -0.964. The molecule has 0 fully saturated rings. The van der Waals surface area contributed by atoms with Gasteiger partial charge in [0.05, 0.1) is 16.6 Å². The highest BCUT2D eigenvalue weighted by Crippen LogP contribution is 2.15. The first kappa shape index (κ1) is 25.5. The van der Waals surface area contributed by atoms with Crippen LogP contribution in [0, 0.1) is 11.6 Å². The van der Waals surface area contributed by atoms with Gasteiger partial charge in [-0.25, -0.2) is 13.6 Å². The van der Waals surface area contributed by atoms with Crippen LogP contribution in [0.1, 0.15) is 12.0 Å². The number of anilines is 1. The Balaban J connectivity index is 1.51. The molecule has 0 spiro atoms. The van der Waals surface area contributed by atoms with E-state index < -0.39 is 35.3 Å².